The van der Waals surface area contributed by atoms with Gasteiger partial charge in [-0.05, 0) is 37.8 Å². The number of likely N-dealkylation sites (N-methyl/N-ethyl adjacent to an activating group) is 1. The van der Waals surface area contributed by atoms with Gasteiger partial charge < -0.3 is 14.2 Å². The molecule has 2 aliphatic rings. The third kappa shape index (κ3) is 2.88. The zero-order valence-corrected chi connectivity index (χ0v) is 14.1. The highest BCUT2D eigenvalue weighted by Crippen LogP contribution is 2.40. The fraction of sp³-hybridized carbons (Fsp3) is 0.375. The van der Waals surface area contributed by atoms with Gasteiger partial charge in [-0.2, -0.15) is 0 Å². The number of methoxy groups -OCH3 is 1. The van der Waals surface area contributed by atoms with E-state index in [0.29, 0.717) is 35.2 Å². The van der Waals surface area contributed by atoms with Crippen molar-refractivity contribution in [3.05, 3.63) is 22.6 Å². The highest BCUT2D eigenvalue weighted by atomic mass is 32.2. The van der Waals surface area contributed by atoms with E-state index < -0.39 is 0 Å². The summed E-state index contributed by atoms with van der Waals surface area (Å²) < 4.78 is 16.1. The van der Waals surface area contributed by atoms with E-state index in [9.17, 15) is 4.79 Å². The quantitative estimate of drug-likeness (QED) is 0.793. The molecule has 1 fully saturated rings. The number of hydrogen-bond acceptors (Lipinski definition) is 6. The molecule has 0 aromatic heterocycles. The molecule has 0 unspecified atom stereocenters. The second-order valence-corrected chi connectivity index (χ2v) is 5.87. The number of amides is 1. The summed E-state index contributed by atoms with van der Waals surface area (Å²) in [6.45, 7) is 5.33. The monoisotopic (exact) mass is 334 g/mol. The van der Waals surface area contributed by atoms with Gasteiger partial charge in [0.05, 0.1) is 12.0 Å². The summed E-state index contributed by atoms with van der Waals surface area (Å²) in [7, 11) is 1.59. The van der Waals surface area contributed by atoms with E-state index in [-0.39, 0.29) is 12.7 Å². The average molecular weight is 334 g/mol. The second-order valence-electron chi connectivity index (χ2n) is 4.86. The third-order valence-corrected chi connectivity index (χ3v) is 4.55. The Kier molecular flexibility index (Phi) is 4.47. The summed E-state index contributed by atoms with van der Waals surface area (Å²) in [6, 6.07) is 3.60. The number of ether oxygens (including phenoxy) is 3. The van der Waals surface area contributed by atoms with Gasteiger partial charge in [0.2, 0.25) is 6.79 Å². The highest BCUT2D eigenvalue weighted by Gasteiger charge is 2.32. The van der Waals surface area contributed by atoms with Gasteiger partial charge in [0.25, 0.3) is 5.91 Å². The van der Waals surface area contributed by atoms with Crippen LogP contribution in [0.15, 0.2) is 22.0 Å². The van der Waals surface area contributed by atoms with E-state index in [0.717, 1.165) is 10.7 Å². The maximum Gasteiger partial charge on any atom is 0.266 e. The lowest BCUT2D eigenvalue weighted by Gasteiger charge is -2.11. The molecule has 0 spiro atoms. The van der Waals surface area contributed by atoms with Crippen LogP contribution >= 0.6 is 11.8 Å². The Labute approximate surface area is 139 Å². The number of thioether (sulfide) groups is 1. The molecule has 2 heterocycles. The molecule has 1 amide bonds. The van der Waals surface area contributed by atoms with Crippen LogP contribution in [0.4, 0.5) is 0 Å². The van der Waals surface area contributed by atoms with Crippen LogP contribution in [-0.2, 0) is 4.79 Å². The van der Waals surface area contributed by atoms with Crippen molar-refractivity contribution in [2.45, 2.75) is 13.8 Å². The topological polar surface area (TPSA) is 60.4 Å². The Balaban J connectivity index is 1.99. The summed E-state index contributed by atoms with van der Waals surface area (Å²) in [4.78, 5) is 19.2. The number of amidine groups is 1. The van der Waals surface area contributed by atoms with Crippen LogP contribution < -0.4 is 14.2 Å². The molecular weight excluding hydrogens is 316 g/mol. The van der Waals surface area contributed by atoms with Gasteiger partial charge in [-0.15, -0.1) is 0 Å². The van der Waals surface area contributed by atoms with Crippen molar-refractivity contribution < 1.29 is 19.0 Å². The van der Waals surface area contributed by atoms with Crippen LogP contribution in [0.1, 0.15) is 19.4 Å². The number of carbonyl (C=O) groups is 1. The molecule has 0 bridgehead atoms. The predicted octanol–water partition coefficient (Wildman–Crippen LogP) is 2.74. The van der Waals surface area contributed by atoms with Crippen molar-refractivity contribution in [1.82, 2.24) is 4.90 Å². The van der Waals surface area contributed by atoms with Crippen molar-refractivity contribution in [2.24, 2.45) is 4.99 Å². The Morgan fingerprint density at radius 3 is 2.74 bits per heavy atom. The molecule has 0 N–H and O–H groups in total. The smallest absolute Gasteiger partial charge is 0.266 e. The molecule has 1 aromatic carbocycles. The lowest BCUT2D eigenvalue weighted by atomic mass is 10.1. The molecule has 3 rings (SSSR count). The minimum Gasteiger partial charge on any atom is -0.496 e. The molecule has 122 valence electrons. The Morgan fingerprint density at radius 1 is 1.35 bits per heavy atom. The summed E-state index contributed by atoms with van der Waals surface area (Å²) in [6.07, 6.45) is 1.81. The van der Waals surface area contributed by atoms with Crippen molar-refractivity contribution >= 4 is 28.9 Å². The lowest BCUT2D eigenvalue weighted by molar-refractivity contribution is -0.122. The predicted molar refractivity (Wildman–Crippen MR) is 90.0 cm³/mol. The number of hydrogen-bond donors (Lipinski definition) is 0. The summed E-state index contributed by atoms with van der Waals surface area (Å²) in [5, 5.41) is 0.742. The molecular formula is C16H18N2O4S. The van der Waals surface area contributed by atoms with Gasteiger partial charge in [0, 0.05) is 24.7 Å². The summed E-state index contributed by atoms with van der Waals surface area (Å²) >= 11 is 1.38. The van der Waals surface area contributed by atoms with E-state index in [1.54, 1.807) is 18.1 Å². The fourth-order valence-electron chi connectivity index (χ4n) is 2.41. The Bertz CT molecular complexity index is 700. The van der Waals surface area contributed by atoms with Gasteiger partial charge in [0.1, 0.15) is 5.75 Å². The third-order valence-electron chi connectivity index (χ3n) is 3.51. The first-order valence-electron chi connectivity index (χ1n) is 7.41. The van der Waals surface area contributed by atoms with Crippen molar-refractivity contribution in [1.29, 1.82) is 0 Å². The van der Waals surface area contributed by atoms with Gasteiger partial charge in [-0.1, -0.05) is 0 Å². The normalized spacial score (nSPS) is 20.0. The molecule has 6 nitrogen and oxygen atoms in total. The SMILES string of the molecule is CCN=C1S/C(=C\c2cc3c(cc2OC)OCO3)C(=O)N1CC. The van der Waals surface area contributed by atoms with Crippen LogP contribution in [0, 0.1) is 0 Å². The van der Waals surface area contributed by atoms with Crippen LogP contribution in [-0.4, -0.2) is 43.0 Å². The molecule has 1 aromatic rings. The maximum absolute atomic E-state index is 12.5. The standard InChI is InChI=1S/C16H18N2O4S/c1-4-17-16-18(5-2)15(19)14(23-16)7-10-6-12-13(22-9-21-12)8-11(10)20-3/h6-8H,4-5,9H2,1-3H3/b14-7-,17-16?. The number of aliphatic imine (C=N–C) groups is 1. The second kappa shape index (κ2) is 6.54. The molecule has 0 radical (unpaired) electrons. The first kappa shape index (κ1) is 15.7. The Hall–Kier alpha value is -2.15. The van der Waals surface area contributed by atoms with E-state index in [1.807, 2.05) is 26.0 Å². The number of nitrogens with zero attached hydrogens (tertiary/aromatic N) is 2. The van der Waals surface area contributed by atoms with E-state index in [4.69, 9.17) is 14.2 Å². The minimum atomic E-state index is -0.0376. The van der Waals surface area contributed by atoms with E-state index in [1.165, 1.54) is 11.8 Å². The molecule has 0 aliphatic carbocycles. The van der Waals surface area contributed by atoms with E-state index in [2.05, 4.69) is 4.99 Å². The number of benzene rings is 1. The molecule has 0 atom stereocenters. The molecule has 2 aliphatic heterocycles. The summed E-state index contributed by atoms with van der Waals surface area (Å²) in [5.41, 5.74) is 0.779. The van der Waals surface area contributed by atoms with Gasteiger partial charge >= 0.3 is 0 Å². The first-order valence-corrected chi connectivity index (χ1v) is 8.23. The average Bonchev–Trinajstić information content (AvgIpc) is 3.11. The van der Waals surface area contributed by atoms with Crippen LogP contribution in [0.3, 0.4) is 0 Å². The van der Waals surface area contributed by atoms with E-state index >= 15 is 0 Å². The van der Waals surface area contributed by atoms with Crippen molar-refractivity contribution in [3.8, 4) is 17.2 Å². The first-order chi connectivity index (χ1) is 11.2. The van der Waals surface area contributed by atoms with Crippen LogP contribution in [0.25, 0.3) is 6.08 Å². The van der Waals surface area contributed by atoms with Crippen LogP contribution in [0.5, 0.6) is 17.2 Å². The van der Waals surface area contributed by atoms with Crippen molar-refractivity contribution in [3.63, 3.8) is 0 Å². The molecule has 0 saturated carbocycles. The largest absolute Gasteiger partial charge is 0.496 e. The zero-order chi connectivity index (χ0) is 16.4. The number of fused-ring (bicyclic) bond motifs is 1. The molecule has 23 heavy (non-hydrogen) atoms. The lowest BCUT2D eigenvalue weighted by Crippen LogP contribution is -2.28. The zero-order valence-electron chi connectivity index (χ0n) is 13.3. The molecule has 1 saturated heterocycles. The van der Waals surface area contributed by atoms with Gasteiger partial charge in [-0.3, -0.25) is 14.7 Å². The Morgan fingerprint density at radius 2 is 2.09 bits per heavy atom. The van der Waals surface area contributed by atoms with Crippen LogP contribution in [0.2, 0.25) is 0 Å². The van der Waals surface area contributed by atoms with Crippen molar-refractivity contribution in [2.75, 3.05) is 27.0 Å². The maximum atomic E-state index is 12.5. The molecule has 7 heteroatoms. The van der Waals surface area contributed by atoms with Gasteiger partial charge in [-0.25, -0.2) is 0 Å². The number of rotatable bonds is 4. The number of carbonyl (C=O) groups excluding carboxylic acids is 1. The minimum absolute atomic E-state index is 0.0376. The highest BCUT2D eigenvalue weighted by molar-refractivity contribution is 8.18. The van der Waals surface area contributed by atoms with Gasteiger partial charge in [0.15, 0.2) is 16.7 Å². The fourth-order valence-corrected chi connectivity index (χ4v) is 3.51. The summed E-state index contributed by atoms with van der Waals surface area (Å²) in [5.74, 6) is 1.91.